The molecule has 1 saturated heterocycles. The molecule has 1 atom stereocenters. The van der Waals surface area contributed by atoms with Gasteiger partial charge < -0.3 is 10.6 Å². The molecule has 0 aromatic heterocycles. The van der Waals surface area contributed by atoms with Crippen LogP contribution in [0.1, 0.15) is 18.4 Å². The highest BCUT2D eigenvalue weighted by atomic mass is 79.9. The maximum atomic E-state index is 12.9. The Bertz CT molecular complexity index is 604. The van der Waals surface area contributed by atoms with E-state index in [1.807, 2.05) is 19.0 Å². The zero-order chi connectivity index (χ0) is 15.6. The first-order valence-corrected chi connectivity index (χ1v) is 9.24. The van der Waals surface area contributed by atoms with Gasteiger partial charge >= 0.3 is 0 Å². The Kier molecular flexibility index (Phi) is 5.43. The quantitative estimate of drug-likeness (QED) is 0.848. The first-order chi connectivity index (χ1) is 9.86. The van der Waals surface area contributed by atoms with Gasteiger partial charge in [-0.15, -0.1) is 0 Å². The minimum Gasteiger partial charge on any atom is -0.326 e. The Morgan fingerprint density at radius 3 is 2.71 bits per heavy atom. The maximum Gasteiger partial charge on any atom is 0.244 e. The highest BCUT2D eigenvalue weighted by molar-refractivity contribution is 9.10. The zero-order valence-corrected chi connectivity index (χ0v) is 14.8. The fourth-order valence-electron chi connectivity index (χ4n) is 2.74. The number of rotatable bonds is 5. The lowest BCUT2D eigenvalue weighted by Crippen LogP contribution is -2.41. The van der Waals surface area contributed by atoms with Crippen molar-refractivity contribution in [2.45, 2.75) is 30.3 Å². The van der Waals surface area contributed by atoms with Gasteiger partial charge in [-0.1, -0.05) is 6.07 Å². The molecule has 2 N–H and O–H groups in total. The van der Waals surface area contributed by atoms with E-state index < -0.39 is 10.0 Å². The highest BCUT2D eigenvalue weighted by Gasteiger charge is 2.36. The number of benzene rings is 1. The number of likely N-dealkylation sites (N-methyl/N-ethyl adjacent to an activating group) is 1. The summed E-state index contributed by atoms with van der Waals surface area (Å²) in [6.07, 6.45) is 1.83. The second-order valence-electron chi connectivity index (χ2n) is 5.64. The van der Waals surface area contributed by atoms with Gasteiger partial charge in [0, 0.05) is 30.1 Å². The van der Waals surface area contributed by atoms with Crippen molar-refractivity contribution < 1.29 is 8.42 Å². The smallest absolute Gasteiger partial charge is 0.244 e. The molecular formula is C14H22BrN3O2S. The van der Waals surface area contributed by atoms with Crippen LogP contribution in [-0.2, 0) is 16.6 Å². The number of hydrogen-bond donors (Lipinski definition) is 1. The third-order valence-electron chi connectivity index (χ3n) is 3.72. The van der Waals surface area contributed by atoms with E-state index in [0.29, 0.717) is 22.5 Å². The molecule has 1 fully saturated rings. The summed E-state index contributed by atoms with van der Waals surface area (Å²) in [5, 5.41) is 0. The Labute approximate surface area is 135 Å². The molecule has 1 unspecified atom stereocenters. The van der Waals surface area contributed by atoms with Gasteiger partial charge in [0.25, 0.3) is 0 Å². The van der Waals surface area contributed by atoms with Gasteiger partial charge in [-0.3, -0.25) is 0 Å². The molecule has 0 spiro atoms. The molecule has 21 heavy (non-hydrogen) atoms. The van der Waals surface area contributed by atoms with E-state index >= 15 is 0 Å². The first-order valence-electron chi connectivity index (χ1n) is 7.01. The summed E-state index contributed by atoms with van der Waals surface area (Å²) in [7, 11) is 0.465. The molecule has 1 aliphatic rings. The van der Waals surface area contributed by atoms with Crippen LogP contribution < -0.4 is 5.73 Å². The van der Waals surface area contributed by atoms with Crippen LogP contribution in [0.2, 0.25) is 0 Å². The van der Waals surface area contributed by atoms with E-state index in [-0.39, 0.29) is 6.04 Å². The van der Waals surface area contributed by atoms with E-state index in [4.69, 9.17) is 5.73 Å². The Morgan fingerprint density at radius 1 is 1.43 bits per heavy atom. The maximum absolute atomic E-state index is 12.9. The van der Waals surface area contributed by atoms with Crippen molar-refractivity contribution >= 4 is 26.0 Å². The van der Waals surface area contributed by atoms with Gasteiger partial charge in [-0.25, -0.2) is 8.42 Å². The zero-order valence-electron chi connectivity index (χ0n) is 12.4. The second kappa shape index (κ2) is 6.75. The van der Waals surface area contributed by atoms with Gasteiger partial charge in [0.1, 0.15) is 0 Å². The van der Waals surface area contributed by atoms with Crippen molar-refractivity contribution in [2.24, 2.45) is 5.73 Å². The topological polar surface area (TPSA) is 66.6 Å². The van der Waals surface area contributed by atoms with Gasteiger partial charge in [0.2, 0.25) is 10.0 Å². The van der Waals surface area contributed by atoms with Crippen molar-refractivity contribution in [3.63, 3.8) is 0 Å². The van der Waals surface area contributed by atoms with Gasteiger partial charge in [0.05, 0.1) is 4.90 Å². The Morgan fingerprint density at radius 2 is 2.14 bits per heavy atom. The highest BCUT2D eigenvalue weighted by Crippen LogP contribution is 2.31. The second-order valence-corrected chi connectivity index (χ2v) is 8.36. The summed E-state index contributed by atoms with van der Waals surface area (Å²) in [4.78, 5) is 2.36. The lowest BCUT2D eigenvalue weighted by Gasteiger charge is -2.27. The number of hydrogen-bond acceptors (Lipinski definition) is 4. The lowest BCUT2D eigenvalue weighted by atomic mass is 10.2. The Balaban J connectivity index is 2.33. The molecule has 1 aromatic carbocycles. The molecule has 5 nitrogen and oxygen atoms in total. The average molecular weight is 376 g/mol. The van der Waals surface area contributed by atoms with Crippen LogP contribution in [0.5, 0.6) is 0 Å². The summed E-state index contributed by atoms with van der Waals surface area (Å²) in [5.74, 6) is 0. The molecule has 0 radical (unpaired) electrons. The van der Waals surface area contributed by atoms with E-state index in [1.165, 1.54) is 0 Å². The number of halogens is 1. The van der Waals surface area contributed by atoms with Crippen molar-refractivity contribution in [3.8, 4) is 0 Å². The van der Waals surface area contributed by atoms with E-state index in [1.54, 1.807) is 22.5 Å². The molecule has 1 heterocycles. The van der Waals surface area contributed by atoms with Crippen LogP contribution in [0.15, 0.2) is 27.6 Å². The van der Waals surface area contributed by atoms with E-state index in [2.05, 4.69) is 15.9 Å². The standard InChI is InChI=1S/C14H22BrN3O2S/c1-17(2)10-12-4-3-7-18(12)21(19,20)14-6-5-11(9-16)8-13(14)15/h5-6,8,12H,3-4,7,9-10,16H2,1-2H3. The number of nitrogens with zero attached hydrogens (tertiary/aromatic N) is 2. The van der Waals surface area contributed by atoms with Crippen molar-refractivity contribution in [3.05, 3.63) is 28.2 Å². The first kappa shape index (κ1) is 16.9. The van der Waals surface area contributed by atoms with Gasteiger partial charge in [-0.2, -0.15) is 4.31 Å². The normalized spacial score (nSPS) is 20.3. The van der Waals surface area contributed by atoms with Crippen LogP contribution in [0.3, 0.4) is 0 Å². The van der Waals surface area contributed by atoms with Crippen LogP contribution in [0, 0.1) is 0 Å². The van der Waals surface area contributed by atoms with Gasteiger partial charge in [0.15, 0.2) is 0 Å². The molecule has 7 heteroatoms. The third-order valence-corrected chi connectivity index (χ3v) is 6.65. The molecule has 1 aliphatic heterocycles. The predicted octanol–water partition coefficient (Wildman–Crippen LogP) is 1.62. The largest absolute Gasteiger partial charge is 0.326 e. The molecule has 0 aliphatic carbocycles. The van der Waals surface area contributed by atoms with E-state index in [9.17, 15) is 8.42 Å². The van der Waals surface area contributed by atoms with Gasteiger partial charge in [-0.05, 0) is 60.6 Å². The lowest BCUT2D eigenvalue weighted by molar-refractivity contribution is 0.291. The van der Waals surface area contributed by atoms with Crippen molar-refractivity contribution in [1.82, 2.24) is 9.21 Å². The molecule has 0 bridgehead atoms. The fourth-order valence-corrected chi connectivity index (χ4v) is 5.51. The fraction of sp³-hybridized carbons (Fsp3) is 0.571. The van der Waals surface area contributed by atoms with Crippen LogP contribution in [0.25, 0.3) is 0 Å². The summed E-state index contributed by atoms with van der Waals surface area (Å²) < 4.78 is 28.0. The van der Waals surface area contributed by atoms with E-state index in [0.717, 1.165) is 24.9 Å². The monoisotopic (exact) mass is 375 g/mol. The van der Waals surface area contributed by atoms with Crippen molar-refractivity contribution in [1.29, 1.82) is 0 Å². The molecule has 0 saturated carbocycles. The van der Waals surface area contributed by atoms with Crippen LogP contribution >= 0.6 is 15.9 Å². The summed E-state index contributed by atoms with van der Waals surface area (Å²) >= 11 is 3.37. The summed E-state index contributed by atoms with van der Waals surface area (Å²) in [5.41, 5.74) is 6.50. The minimum atomic E-state index is -3.47. The molecule has 0 amide bonds. The average Bonchev–Trinajstić information content (AvgIpc) is 2.86. The molecule has 1 aromatic rings. The van der Waals surface area contributed by atoms with Crippen molar-refractivity contribution in [2.75, 3.05) is 27.2 Å². The SMILES string of the molecule is CN(C)CC1CCCN1S(=O)(=O)c1ccc(CN)cc1Br. The minimum absolute atomic E-state index is 0.0473. The summed E-state index contributed by atoms with van der Waals surface area (Å²) in [6, 6.07) is 5.25. The summed E-state index contributed by atoms with van der Waals surface area (Å²) in [6.45, 7) is 1.73. The van der Waals surface area contributed by atoms with Crippen LogP contribution in [0.4, 0.5) is 0 Å². The molecule has 118 valence electrons. The number of sulfonamides is 1. The third kappa shape index (κ3) is 3.65. The van der Waals surface area contributed by atoms with Crippen LogP contribution in [-0.4, -0.2) is 50.8 Å². The Hall–Kier alpha value is -0.470. The molecular weight excluding hydrogens is 354 g/mol. The molecule has 2 rings (SSSR count). The number of nitrogens with two attached hydrogens (primary N) is 1. The predicted molar refractivity (Wildman–Crippen MR) is 87.5 cm³/mol.